The van der Waals surface area contributed by atoms with Gasteiger partial charge in [0.1, 0.15) is 5.54 Å². The standard InChI is InChI=1S/C15H26N2O2/c1-14(16,13(18)17(2)19-3)15-7-10-4-11(8-15)6-12(5-10)9-15/h10-12H,4-9,16H2,1-3H3. The summed E-state index contributed by atoms with van der Waals surface area (Å²) in [6.45, 7) is 1.93. The van der Waals surface area contributed by atoms with E-state index in [1.165, 1.54) is 31.4 Å². The zero-order valence-electron chi connectivity index (χ0n) is 12.3. The second-order valence-corrected chi connectivity index (χ2v) is 7.39. The fraction of sp³-hybridized carbons (Fsp3) is 0.933. The van der Waals surface area contributed by atoms with Crippen molar-refractivity contribution in [3.8, 4) is 0 Å². The van der Waals surface area contributed by atoms with Crippen LogP contribution in [-0.4, -0.2) is 30.7 Å². The number of hydroxylamine groups is 2. The Kier molecular flexibility index (Phi) is 2.95. The van der Waals surface area contributed by atoms with Gasteiger partial charge in [-0.15, -0.1) is 0 Å². The molecule has 2 N–H and O–H groups in total. The predicted octanol–water partition coefficient (Wildman–Crippen LogP) is 1.94. The van der Waals surface area contributed by atoms with Crippen LogP contribution in [0, 0.1) is 23.2 Å². The molecule has 0 saturated heterocycles. The number of nitrogens with two attached hydrogens (primary N) is 1. The Morgan fingerprint density at radius 2 is 1.63 bits per heavy atom. The zero-order valence-corrected chi connectivity index (χ0v) is 12.3. The molecule has 4 fully saturated rings. The van der Waals surface area contributed by atoms with Crippen LogP contribution in [0.2, 0.25) is 0 Å². The highest BCUT2D eigenvalue weighted by Gasteiger charge is 2.60. The topological polar surface area (TPSA) is 55.6 Å². The molecule has 4 heteroatoms. The quantitative estimate of drug-likeness (QED) is 0.794. The van der Waals surface area contributed by atoms with Crippen LogP contribution < -0.4 is 5.73 Å². The first-order chi connectivity index (χ1) is 8.88. The molecule has 4 bridgehead atoms. The molecular formula is C15H26N2O2. The van der Waals surface area contributed by atoms with Crippen molar-refractivity contribution < 1.29 is 9.63 Å². The molecule has 0 aromatic heterocycles. The van der Waals surface area contributed by atoms with E-state index in [2.05, 4.69) is 0 Å². The summed E-state index contributed by atoms with van der Waals surface area (Å²) in [5, 5.41) is 1.30. The lowest BCUT2D eigenvalue weighted by Gasteiger charge is -2.61. The van der Waals surface area contributed by atoms with Crippen molar-refractivity contribution in [2.45, 2.75) is 51.0 Å². The third kappa shape index (κ3) is 1.83. The van der Waals surface area contributed by atoms with Crippen molar-refractivity contribution in [2.24, 2.45) is 28.9 Å². The van der Waals surface area contributed by atoms with Gasteiger partial charge in [-0.2, -0.15) is 0 Å². The van der Waals surface area contributed by atoms with Crippen LogP contribution in [0.1, 0.15) is 45.4 Å². The summed E-state index contributed by atoms with van der Waals surface area (Å²) in [5.74, 6) is 2.33. The SMILES string of the molecule is CON(C)C(=O)C(C)(N)C12CC3CC(CC(C3)C1)C2. The lowest BCUT2D eigenvalue weighted by atomic mass is 9.45. The van der Waals surface area contributed by atoms with E-state index in [9.17, 15) is 4.79 Å². The lowest BCUT2D eigenvalue weighted by Crippen LogP contribution is -2.67. The summed E-state index contributed by atoms with van der Waals surface area (Å²) in [7, 11) is 3.18. The average Bonchev–Trinajstić information content (AvgIpc) is 2.35. The number of amides is 1. The van der Waals surface area contributed by atoms with Gasteiger partial charge in [0.05, 0.1) is 7.11 Å². The summed E-state index contributed by atoms with van der Waals surface area (Å²) in [4.78, 5) is 17.7. The summed E-state index contributed by atoms with van der Waals surface area (Å²) in [6, 6.07) is 0. The highest BCUT2D eigenvalue weighted by Crippen LogP contribution is 2.63. The van der Waals surface area contributed by atoms with Crippen molar-refractivity contribution in [3.63, 3.8) is 0 Å². The molecule has 108 valence electrons. The molecule has 1 amide bonds. The van der Waals surface area contributed by atoms with E-state index >= 15 is 0 Å². The van der Waals surface area contributed by atoms with Crippen molar-refractivity contribution in [1.82, 2.24) is 5.06 Å². The highest BCUT2D eigenvalue weighted by atomic mass is 16.7. The predicted molar refractivity (Wildman–Crippen MR) is 73.0 cm³/mol. The summed E-state index contributed by atoms with van der Waals surface area (Å²) < 4.78 is 0. The van der Waals surface area contributed by atoms with E-state index in [0.717, 1.165) is 37.0 Å². The number of hydrogen-bond acceptors (Lipinski definition) is 3. The van der Waals surface area contributed by atoms with E-state index in [4.69, 9.17) is 10.6 Å². The Labute approximate surface area is 115 Å². The van der Waals surface area contributed by atoms with E-state index < -0.39 is 5.54 Å². The molecule has 4 rings (SSSR count). The minimum atomic E-state index is -0.798. The van der Waals surface area contributed by atoms with Crippen LogP contribution in [0.5, 0.6) is 0 Å². The number of nitrogens with zero attached hydrogens (tertiary/aromatic N) is 1. The fourth-order valence-corrected chi connectivity index (χ4v) is 5.38. The highest BCUT2D eigenvalue weighted by molar-refractivity contribution is 5.85. The summed E-state index contributed by atoms with van der Waals surface area (Å²) in [6.07, 6.45) is 7.50. The van der Waals surface area contributed by atoms with Gasteiger partial charge in [0.15, 0.2) is 0 Å². The maximum atomic E-state index is 12.6. The Bertz CT molecular complexity index is 356. The molecule has 0 radical (unpaired) electrons. The maximum absolute atomic E-state index is 12.6. The fourth-order valence-electron chi connectivity index (χ4n) is 5.38. The lowest BCUT2D eigenvalue weighted by molar-refractivity contribution is -0.187. The second-order valence-electron chi connectivity index (χ2n) is 7.39. The Balaban J connectivity index is 1.90. The van der Waals surface area contributed by atoms with Crippen LogP contribution in [0.15, 0.2) is 0 Å². The van der Waals surface area contributed by atoms with Gasteiger partial charge >= 0.3 is 0 Å². The van der Waals surface area contributed by atoms with Crippen LogP contribution in [0.3, 0.4) is 0 Å². The van der Waals surface area contributed by atoms with Gasteiger partial charge < -0.3 is 5.73 Å². The van der Waals surface area contributed by atoms with E-state index in [-0.39, 0.29) is 11.3 Å². The summed E-state index contributed by atoms with van der Waals surface area (Å²) in [5.41, 5.74) is 5.77. The molecule has 0 aromatic rings. The number of carbonyl (C=O) groups excluding carboxylic acids is 1. The van der Waals surface area contributed by atoms with Gasteiger partial charge in [0, 0.05) is 7.05 Å². The molecule has 0 spiro atoms. The Morgan fingerprint density at radius 3 is 2.00 bits per heavy atom. The van der Waals surface area contributed by atoms with Gasteiger partial charge in [0.2, 0.25) is 0 Å². The van der Waals surface area contributed by atoms with Crippen molar-refractivity contribution in [3.05, 3.63) is 0 Å². The Morgan fingerprint density at radius 1 is 1.21 bits per heavy atom. The molecule has 1 unspecified atom stereocenters. The largest absolute Gasteiger partial charge is 0.317 e. The maximum Gasteiger partial charge on any atom is 0.266 e. The number of likely N-dealkylation sites (N-methyl/N-ethyl adjacent to an activating group) is 1. The first-order valence-corrected chi connectivity index (χ1v) is 7.49. The van der Waals surface area contributed by atoms with Crippen LogP contribution in [-0.2, 0) is 9.63 Å². The number of hydrogen-bond donors (Lipinski definition) is 1. The average molecular weight is 266 g/mol. The van der Waals surface area contributed by atoms with E-state index in [1.54, 1.807) is 7.05 Å². The normalized spacial score (nSPS) is 43.1. The molecule has 1 atom stereocenters. The van der Waals surface area contributed by atoms with Crippen LogP contribution in [0.4, 0.5) is 0 Å². The van der Waals surface area contributed by atoms with Gasteiger partial charge in [0.25, 0.3) is 5.91 Å². The minimum absolute atomic E-state index is 0.00558. The molecule has 19 heavy (non-hydrogen) atoms. The van der Waals surface area contributed by atoms with Gasteiger partial charge in [-0.25, -0.2) is 5.06 Å². The third-order valence-corrected chi connectivity index (χ3v) is 6.14. The molecule has 4 aliphatic rings. The molecule has 4 saturated carbocycles. The van der Waals surface area contributed by atoms with Crippen molar-refractivity contribution in [2.75, 3.05) is 14.2 Å². The molecule has 4 nitrogen and oxygen atoms in total. The zero-order chi connectivity index (χ0) is 13.8. The van der Waals surface area contributed by atoms with Gasteiger partial charge in [-0.1, -0.05) is 0 Å². The third-order valence-electron chi connectivity index (χ3n) is 6.14. The molecule has 0 heterocycles. The van der Waals surface area contributed by atoms with Gasteiger partial charge in [-0.05, 0) is 68.6 Å². The molecule has 0 aliphatic heterocycles. The summed E-state index contributed by atoms with van der Waals surface area (Å²) >= 11 is 0. The van der Waals surface area contributed by atoms with Crippen molar-refractivity contribution in [1.29, 1.82) is 0 Å². The Hall–Kier alpha value is -0.610. The smallest absolute Gasteiger partial charge is 0.266 e. The first-order valence-electron chi connectivity index (χ1n) is 7.49. The molecule has 0 aromatic carbocycles. The van der Waals surface area contributed by atoms with Crippen LogP contribution in [0.25, 0.3) is 0 Å². The van der Waals surface area contributed by atoms with E-state index in [0.29, 0.717) is 0 Å². The van der Waals surface area contributed by atoms with Gasteiger partial charge in [-0.3, -0.25) is 9.63 Å². The first kappa shape index (κ1) is 13.4. The van der Waals surface area contributed by atoms with Crippen LogP contribution >= 0.6 is 0 Å². The minimum Gasteiger partial charge on any atom is -0.317 e. The van der Waals surface area contributed by atoms with E-state index in [1.807, 2.05) is 6.92 Å². The molecular weight excluding hydrogens is 240 g/mol. The monoisotopic (exact) mass is 266 g/mol. The number of rotatable bonds is 3. The van der Waals surface area contributed by atoms with Crippen molar-refractivity contribution >= 4 is 5.91 Å². The molecule has 4 aliphatic carbocycles. The number of carbonyl (C=O) groups is 1. The second kappa shape index (κ2) is 4.19.